The van der Waals surface area contributed by atoms with Crippen LogP contribution in [0.15, 0.2) is 24.5 Å². The van der Waals surface area contributed by atoms with Gasteiger partial charge in [-0.1, -0.05) is 32.4 Å². The first-order valence-electron chi connectivity index (χ1n) is 4.79. The molecule has 1 nitrogen and oxygen atoms in total. The van der Waals surface area contributed by atoms with Crippen LogP contribution in [0.1, 0.15) is 39.5 Å². The van der Waals surface area contributed by atoms with E-state index in [2.05, 4.69) is 19.6 Å². The highest BCUT2D eigenvalue weighted by atomic mass is 16.5. The van der Waals surface area contributed by atoms with Crippen LogP contribution in [0.4, 0.5) is 0 Å². The Kier molecular flexibility index (Phi) is 7.87. The van der Waals surface area contributed by atoms with Crippen LogP contribution >= 0.6 is 0 Å². The van der Waals surface area contributed by atoms with E-state index < -0.39 is 0 Å². The van der Waals surface area contributed by atoms with E-state index in [0.29, 0.717) is 6.61 Å². The van der Waals surface area contributed by atoms with Crippen LogP contribution in [0.3, 0.4) is 0 Å². The first-order chi connectivity index (χ1) is 5.81. The van der Waals surface area contributed by atoms with Crippen molar-refractivity contribution in [3.63, 3.8) is 0 Å². The van der Waals surface area contributed by atoms with Gasteiger partial charge in [-0.25, -0.2) is 0 Å². The van der Waals surface area contributed by atoms with Crippen LogP contribution in [0.5, 0.6) is 0 Å². The first kappa shape index (κ1) is 11.3. The second-order valence-corrected chi connectivity index (χ2v) is 2.80. The fraction of sp³-hybridized carbons (Fsp3) is 0.636. The van der Waals surface area contributed by atoms with E-state index in [9.17, 15) is 0 Å². The molecule has 12 heavy (non-hydrogen) atoms. The SMILES string of the molecule is C=C(/C=C/CCCCC)OCC. The van der Waals surface area contributed by atoms with E-state index in [0.717, 1.165) is 12.2 Å². The molecule has 0 fully saturated rings. The van der Waals surface area contributed by atoms with E-state index in [1.807, 2.05) is 13.0 Å². The van der Waals surface area contributed by atoms with Crippen molar-refractivity contribution >= 4 is 0 Å². The molecular formula is C11H20O. The third-order valence-corrected chi connectivity index (χ3v) is 1.61. The maximum Gasteiger partial charge on any atom is 0.111 e. The summed E-state index contributed by atoms with van der Waals surface area (Å²) in [5.74, 6) is 0.772. The predicted octanol–water partition coefficient (Wildman–Crippen LogP) is 3.67. The molecule has 0 aromatic carbocycles. The molecule has 0 aliphatic carbocycles. The van der Waals surface area contributed by atoms with Gasteiger partial charge in [0.1, 0.15) is 5.76 Å². The Hall–Kier alpha value is -0.720. The lowest BCUT2D eigenvalue weighted by atomic mass is 10.2. The van der Waals surface area contributed by atoms with E-state index >= 15 is 0 Å². The lowest BCUT2D eigenvalue weighted by molar-refractivity contribution is 0.244. The zero-order chi connectivity index (χ0) is 9.23. The molecule has 0 aromatic rings. The Labute approximate surface area is 76.1 Å². The third kappa shape index (κ3) is 7.39. The van der Waals surface area contributed by atoms with Crippen molar-refractivity contribution in [1.82, 2.24) is 0 Å². The minimum absolute atomic E-state index is 0.706. The van der Waals surface area contributed by atoms with Crippen molar-refractivity contribution in [1.29, 1.82) is 0 Å². The number of hydrogen-bond donors (Lipinski definition) is 0. The molecule has 0 aliphatic heterocycles. The Morgan fingerprint density at radius 1 is 1.33 bits per heavy atom. The minimum atomic E-state index is 0.706. The van der Waals surface area contributed by atoms with Crippen LogP contribution in [-0.2, 0) is 4.74 Å². The standard InChI is InChI=1S/C11H20O/c1-4-6-7-8-9-10-11(3)12-5-2/h9-10H,3-8H2,1-2H3/b10-9+. The smallest absolute Gasteiger partial charge is 0.111 e. The van der Waals surface area contributed by atoms with Gasteiger partial charge in [0.25, 0.3) is 0 Å². The second-order valence-electron chi connectivity index (χ2n) is 2.80. The lowest BCUT2D eigenvalue weighted by Crippen LogP contribution is -1.84. The first-order valence-corrected chi connectivity index (χ1v) is 4.79. The molecule has 0 spiro atoms. The van der Waals surface area contributed by atoms with Gasteiger partial charge in [-0.2, -0.15) is 0 Å². The summed E-state index contributed by atoms with van der Waals surface area (Å²) in [6.07, 6.45) is 9.09. The summed E-state index contributed by atoms with van der Waals surface area (Å²) < 4.78 is 5.17. The maximum absolute atomic E-state index is 5.17. The molecule has 0 saturated carbocycles. The molecule has 0 rings (SSSR count). The summed E-state index contributed by atoms with van der Waals surface area (Å²) in [5, 5.41) is 0. The number of allylic oxidation sites excluding steroid dienone is 2. The zero-order valence-electron chi connectivity index (χ0n) is 8.31. The average Bonchev–Trinajstić information content (AvgIpc) is 2.05. The van der Waals surface area contributed by atoms with Crippen LogP contribution in [0.2, 0.25) is 0 Å². The van der Waals surface area contributed by atoms with E-state index in [1.165, 1.54) is 19.3 Å². The van der Waals surface area contributed by atoms with Crippen LogP contribution in [-0.4, -0.2) is 6.61 Å². The summed E-state index contributed by atoms with van der Waals surface area (Å²) in [6.45, 7) is 8.64. The molecule has 1 heteroatoms. The molecule has 0 aliphatic rings. The number of unbranched alkanes of at least 4 members (excludes halogenated alkanes) is 3. The zero-order valence-corrected chi connectivity index (χ0v) is 8.31. The highest BCUT2D eigenvalue weighted by Crippen LogP contribution is 2.02. The summed E-state index contributed by atoms with van der Waals surface area (Å²) in [5.41, 5.74) is 0. The maximum atomic E-state index is 5.17. The highest BCUT2D eigenvalue weighted by Gasteiger charge is 1.85. The van der Waals surface area contributed by atoms with Crippen LogP contribution in [0, 0.1) is 0 Å². The molecular weight excluding hydrogens is 148 g/mol. The molecule has 0 atom stereocenters. The lowest BCUT2D eigenvalue weighted by Gasteiger charge is -1.99. The predicted molar refractivity (Wildman–Crippen MR) is 54.0 cm³/mol. The van der Waals surface area contributed by atoms with Gasteiger partial charge >= 0.3 is 0 Å². The van der Waals surface area contributed by atoms with E-state index in [1.54, 1.807) is 0 Å². The topological polar surface area (TPSA) is 9.23 Å². The molecule has 0 N–H and O–H groups in total. The number of hydrogen-bond acceptors (Lipinski definition) is 1. The van der Waals surface area contributed by atoms with E-state index in [-0.39, 0.29) is 0 Å². The summed E-state index contributed by atoms with van der Waals surface area (Å²) in [4.78, 5) is 0. The number of rotatable bonds is 7. The van der Waals surface area contributed by atoms with Gasteiger partial charge in [0.2, 0.25) is 0 Å². The largest absolute Gasteiger partial charge is 0.495 e. The molecule has 0 saturated heterocycles. The summed E-state index contributed by atoms with van der Waals surface area (Å²) in [7, 11) is 0. The molecule has 0 radical (unpaired) electrons. The Bertz CT molecular complexity index is 136. The van der Waals surface area contributed by atoms with Crippen molar-refractivity contribution in [3.8, 4) is 0 Å². The Morgan fingerprint density at radius 3 is 2.67 bits per heavy atom. The van der Waals surface area contributed by atoms with Gasteiger partial charge in [0, 0.05) is 0 Å². The van der Waals surface area contributed by atoms with Crippen molar-refractivity contribution < 1.29 is 4.74 Å². The van der Waals surface area contributed by atoms with Crippen molar-refractivity contribution in [3.05, 3.63) is 24.5 Å². The van der Waals surface area contributed by atoms with Crippen LogP contribution < -0.4 is 0 Å². The van der Waals surface area contributed by atoms with Crippen molar-refractivity contribution in [2.24, 2.45) is 0 Å². The van der Waals surface area contributed by atoms with Gasteiger partial charge in [-0.05, 0) is 25.8 Å². The van der Waals surface area contributed by atoms with Crippen molar-refractivity contribution in [2.75, 3.05) is 6.61 Å². The summed E-state index contributed by atoms with van der Waals surface area (Å²) in [6, 6.07) is 0. The Balaban J connectivity index is 3.29. The van der Waals surface area contributed by atoms with Gasteiger partial charge < -0.3 is 4.74 Å². The quantitative estimate of drug-likeness (QED) is 0.320. The molecule has 0 bridgehead atoms. The molecule has 70 valence electrons. The van der Waals surface area contributed by atoms with E-state index in [4.69, 9.17) is 4.74 Å². The van der Waals surface area contributed by atoms with Crippen molar-refractivity contribution in [2.45, 2.75) is 39.5 Å². The highest BCUT2D eigenvalue weighted by molar-refractivity contribution is 5.06. The molecule has 0 amide bonds. The van der Waals surface area contributed by atoms with Crippen LogP contribution in [0.25, 0.3) is 0 Å². The monoisotopic (exact) mass is 168 g/mol. The van der Waals surface area contributed by atoms with Gasteiger partial charge in [-0.3, -0.25) is 0 Å². The molecule has 0 aromatic heterocycles. The molecule has 0 unspecified atom stereocenters. The fourth-order valence-corrected chi connectivity index (χ4v) is 0.960. The van der Waals surface area contributed by atoms with Gasteiger partial charge in [0.05, 0.1) is 6.61 Å². The normalized spacial score (nSPS) is 10.5. The van der Waals surface area contributed by atoms with Gasteiger partial charge in [-0.15, -0.1) is 0 Å². The third-order valence-electron chi connectivity index (χ3n) is 1.61. The molecule has 0 heterocycles. The second kappa shape index (κ2) is 8.38. The average molecular weight is 168 g/mol. The fourth-order valence-electron chi connectivity index (χ4n) is 0.960. The Morgan fingerprint density at radius 2 is 2.08 bits per heavy atom. The summed E-state index contributed by atoms with van der Waals surface area (Å²) >= 11 is 0. The minimum Gasteiger partial charge on any atom is -0.495 e. The number of ether oxygens (including phenoxy) is 1. The van der Waals surface area contributed by atoms with Gasteiger partial charge in [0.15, 0.2) is 0 Å².